The molecule has 0 saturated heterocycles. The summed E-state index contributed by atoms with van der Waals surface area (Å²) in [5, 5.41) is 4.09. The molecule has 2 rings (SSSR count). The summed E-state index contributed by atoms with van der Waals surface area (Å²) in [6, 6.07) is 11.6. The van der Waals surface area contributed by atoms with E-state index >= 15 is 0 Å². The largest absolute Gasteiger partial charge is 0.490 e. The molecule has 2 aromatic rings. The van der Waals surface area contributed by atoms with E-state index < -0.39 is 0 Å². The fraction of sp³-hybridized carbons (Fsp3) is 0.294. The van der Waals surface area contributed by atoms with Gasteiger partial charge in [0.25, 0.3) is 0 Å². The van der Waals surface area contributed by atoms with Gasteiger partial charge in [0.2, 0.25) is 0 Å². The molecule has 118 valence electrons. The fourth-order valence-corrected chi connectivity index (χ4v) is 2.60. The average Bonchev–Trinajstić information content (AvgIpc) is 2.50. The molecule has 0 aliphatic heterocycles. The van der Waals surface area contributed by atoms with Crippen LogP contribution in [-0.4, -0.2) is 13.2 Å². The summed E-state index contributed by atoms with van der Waals surface area (Å²) < 4.78 is 12.3. The Hall–Kier alpha value is -1.39. The van der Waals surface area contributed by atoms with E-state index in [1.807, 2.05) is 50.2 Å². The third-order valence-electron chi connectivity index (χ3n) is 3.04. The number of halogens is 2. The molecule has 0 heterocycles. The van der Waals surface area contributed by atoms with Crippen molar-refractivity contribution in [1.82, 2.24) is 0 Å². The normalized spacial score (nSPS) is 10.4. The predicted molar refractivity (Wildman–Crippen MR) is 95.3 cm³/mol. The topological polar surface area (TPSA) is 30.5 Å². The first-order chi connectivity index (χ1) is 10.6. The Balaban J connectivity index is 2.15. The van der Waals surface area contributed by atoms with Gasteiger partial charge >= 0.3 is 0 Å². The van der Waals surface area contributed by atoms with Crippen LogP contribution in [0.1, 0.15) is 19.4 Å². The third kappa shape index (κ3) is 4.55. The maximum atomic E-state index is 5.89. The van der Waals surface area contributed by atoms with Crippen LogP contribution in [-0.2, 0) is 6.54 Å². The van der Waals surface area contributed by atoms with Gasteiger partial charge in [-0.2, -0.15) is 0 Å². The number of hydrogen-bond acceptors (Lipinski definition) is 3. The zero-order chi connectivity index (χ0) is 15.9. The SMILES string of the molecule is CCOc1cc(Br)c(CNc2ccc(Cl)cc2)cc1OCC. The molecule has 0 aliphatic rings. The highest BCUT2D eigenvalue weighted by Gasteiger charge is 2.10. The van der Waals surface area contributed by atoms with E-state index in [0.29, 0.717) is 19.8 Å². The van der Waals surface area contributed by atoms with Crippen molar-refractivity contribution < 1.29 is 9.47 Å². The lowest BCUT2D eigenvalue weighted by Gasteiger charge is -2.15. The number of ether oxygens (including phenoxy) is 2. The van der Waals surface area contributed by atoms with Gasteiger partial charge in [0.05, 0.1) is 13.2 Å². The Labute approximate surface area is 144 Å². The van der Waals surface area contributed by atoms with Gasteiger partial charge in [-0.3, -0.25) is 0 Å². The van der Waals surface area contributed by atoms with Gasteiger partial charge in [-0.15, -0.1) is 0 Å². The molecular weight excluding hydrogens is 366 g/mol. The Morgan fingerprint density at radius 3 is 2.18 bits per heavy atom. The van der Waals surface area contributed by atoms with Crippen LogP contribution in [0.5, 0.6) is 11.5 Å². The summed E-state index contributed by atoms with van der Waals surface area (Å²) in [4.78, 5) is 0. The van der Waals surface area contributed by atoms with Crippen LogP contribution in [0.15, 0.2) is 40.9 Å². The molecule has 22 heavy (non-hydrogen) atoms. The van der Waals surface area contributed by atoms with E-state index in [1.54, 1.807) is 0 Å². The highest BCUT2D eigenvalue weighted by Crippen LogP contribution is 2.34. The van der Waals surface area contributed by atoms with E-state index in [0.717, 1.165) is 32.2 Å². The Kier molecular flexibility index (Phi) is 6.40. The first kappa shape index (κ1) is 17.0. The monoisotopic (exact) mass is 383 g/mol. The lowest BCUT2D eigenvalue weighted by atomic mass is 10.2. The lowest BCUT2D eigenvalue weighted by Crippen LogP contribution is -2.03. The Morgan fingerprint density at radius 1 is 1.00 bits per heavy atom. The summed E-state index contributed by atoms with van der Waals surface area (Å²) in [5.74, 6) is 1.52. The molecule has 0 spiro atoms. The highest BCUT2D eigenvalue weighted by atomic mass is 79.9. The van der Waals surface area contributed by atoms with E-state index in [2.05, 4.69) is 21.2 Å². The summed E-state index contributed by atoms with van der Waals surface area (Å²) in [5.41, 5.74) is 2.12. The van der Waals surface area contributed by atoms with Crippen molar-refractivity contribution in [3.8, 4) is 11.5 Å². The van der Waals surface area contributed by atoms with Crippen molar-refractivity contribution in [3.05, 3.63) is 51.5 Å². The van der Waals surface area contributed by atoms with Crippen LogP contribution < -0.4 is 14.8 Å². The molecule has 0 aliphatic carbocycles. The molecular formula is C17H19BrClNO2. The standard InChI is InChI=1S/C17H19BrClNO2/c1-3-21-16-9-12(15(18)10-17(16)22-4-2)11-20-14-7-5-13(19)6-8-14/h5-10,20H,3-4,11H2,1-2H3. The lowest BCUT2D eigenvalue weighted by molar-refractivity contribution is 0.287. The van der Waals surface area contributed by atoms with Crippen molar-refractivity contribution in [2.75, 3.05) is 18.5 Å². The smallest absolute Gasteiger partial charge is 0.162 e. The van der Waals surface area contributed by atoms with Gasteiger partial charge in [-0.25, -0.2) is 0 Å². The second-order valence-electron chi connectivity index (χ2n) is 4.62. The van der Waals surface area contributed by atoms with E-state index in [9.17, 15) is 0 Å². The molecule has 0 unspecified atom stereocenters. The number of anilines is 1. The molecule has 1 N–H and O–H groups in total. The minimum atomic E-state index is 0.603. The van der Waals surface area contributed by atoms with Crippen LogP contribution >= 0.6 is 27.5 Å². The highest BCUT2D eigenvalue weighted by molar-refractivity contribution is 9.10. The van der Waals surface area contributed by atoms with Crippen molar-refractivity contribution in [2.24, 2.45) is 0 Å². The molecule has 0 radical (unpaired) electrons. The second kappa shape index (κ2) is 8.30. The zero-order valence-corrected chi connectivity index (χ0v) is 15.0. The summed E-state index contributed by atoms with van der Waals surface area (Å²) in [6.45, 7) is 5.80. The van der Waals surface area contributed by atoms with Crippen molar-refractivity contribution in [1.29, 1.82) is 0 Å². The van der Waals surface area contributed by atoms with Crippen LogP contribution in [0, 0.1) is 0 Å². The number of nitrogens with one attached hydrogen (secondary N) is 1. The molecule has 5 heteroatoms. The summed E-state index contributed by atoms with van der Waals surface area (Å²) in [6.07, 6.45) is 0. The van der Waals surface area contributed by atoms with Gasteiger partial charge in [0.1, 0.15) is 0 Å². The van der Waals surface area contributed by atoms with Crippen LogP contribution in [0.4, 0.5) is 5.69 Å². The number of hydrogen-bond donors (Lipinski definition) is 1. The first-order valence-corrected chi connectivity index (χ1v) is 8.38. The van der Waals surface area contributed by atoms with Crippen molar-refractivity contribution in [2.45, 2.75) is 20.4 Å². The van der Waals surface area contributed by atoms with Gasteiger partial charge in [-0.1, -0.05) is 27.5 Å². The van der Waals surface area contributed by atoms with Crippen molar-refractivity contribution in [3.63, 3.8) is 0 Å². The number of rotatable bonds is 7. The fourth-order valence-electron chi connectivity index (χ4n) is 2.01. The quantitative estimate of drug-likeness (QED) is 0.682. The molecule has 0 bridgehead atoms. The molecule has 0 atom stereocenters. The molecule has 0 fully saturated rings. The molecule has 0 aromatic heterocycles. The first-order valence-electron chi connectivity index (χ1n) is 7.21. The van der Waals surface area contributed by atoms with Gasteiger partial charge < -0.3 is 14.8 Å². The zero-order valence-electron chi connectivity index (χ0n) is 12.7. The maximum absolute atomic E-state index is 5.89. The maximum Gasteiger partial charge on any atom is 0.162 e. The minimum Gasteiger partial charge on any atom is -0.490 e. The average molecular weight is 385 g/mol. The van der Waals surface area contributed by atoms with Crippen LogP contribution in [0.3, 0.4) is 0 Å². The van der Waals surface area contributed by atoms with Crippen molar-refractivity contribution >= 4 is 33.2 Å². The predicted octanol–water partition coefficient (Wildman–Crippen LogP) is 5.51. The van der Waals surface area contributed by atoms with Crippen LogP contribution in [0.2, 0.25) is 5.02 Å². The third-order valence-corrected chi connectivity index (χ3v) is 4.03. The number of benzene rings is 2. The summed E-state index contributed by atoms with van der Waals surface area (Å²) in [7, 11) is 0. The van der Waals surface area contributed by atoms with E-state index in [-0.39, 0.29) is 0 Å². The molecule has 3 nitrogen and oxygen atoms in total. The van der Waals surface area contributed by atoms with Gasteiger partial charge in [0.15, 0.2) is 11.5 Å². The van der Waals surface area contributed by atoms with Gasteiger partial charge in [0, 0.05) is 21.7 Å². The molecule has 0 amide bonds. The minimum absolute atomic E-state index is 0.603. The van der Waals surface area contributed by atoms with Crippen LogP contribution in [0.25, 0.3) is 0 Å². The Bertz CT molecular complexity index is 617. The Morgan fingerprint density at radius 2 is 1.59 bits per heavy atom. The van der Waals surface area contributed by atoms with Gasteiger partial charge in [-0.05, 0) is 55.8 Å². The van der Waals surface area contributed by atoms with E-state index in [1.165, 1.54) is 0 Å². The molecule has 2 aromatic carbocycles. The second-order valence-corrected chi connectivity index (χ2v) is 5.91. The summed E-state index contributed by atoms with van der Waals surface area (Å²) >= 11 is 9.48. The van der Waals surface area contributed by atoms with E-state index in [4.69, 9.17) is 21.1 Å². The molecule has 0 saturated carbocycles.